The molecule has 0 spiro atoms. The van der Waals surface area contributed by atoms with Crippen molar-refractivity contribution in [3.8, 4) is 0 Å². The van der Waals surface area contributed by atoms with Crippen LogP contribution in [0.15, 0.2) is 0 Å². The molecule has 0 radical (unpaired) electrons. The number of hydrogen-bond acceptors (Lipinski definition) is 4. The van der Waals surface area contributed by atoms with Crippen LogP contribution in [0.4, 0.5) is 0 Å². The van der Waals surface area contributed by atoms with E-state index in [-0.39, 0.29) is 12.2 Å². The maximum atomic E-state index is 11.5. The zero-order chi connectivity index (χ0) is 17.5. The van der Waals surface area contributed by atoms with E-state index in [2.05, 4.69) is 4.98 Å². The molecule has 1 heterocycles. The van der Waals surface area contributed by atoms with Crippen molar-refractivity contribution in [1.29, 1.82) is 0 Å². The lowest BCUT2D eigenvalue weighted by atomic mass is 9.88. The molecule has 0 aliphatic rings. The fraction of sp³-hybridized carbons (Fsp3) is 0.667. The Morgan fingerprint density at radius 1 is 1.18 bits per heavy atom. The topological polar surface area (TPSA) is 118 Å². The molecule has 7 nitrogen and oxygen atoms in total. The number of aromatic carboxylic acids is 1. The van der Waals surface area contributed by atoms with Gasteiger partial charge < -0.3 is 20.5 Å². The summed E-state index contributed by atoms with van der Waals surface area (Å²) in [7, 11) is 0. The van der Waals surface area contributed by atoms with Gasteiger partial charge in [0.25, 0.3) is 0 Å². The minimum Gasteiger partial charge on any atom is -0.480 e. The van der Waals surface area contributed by atoms with Crippen molar-refractivity contribution in [3.63, 3.8) is 0 Å². The monoisotopic (exact) mass is 311 g/mol. The van der Waals surface area contributed by atoms with Crippen molar-refractivity contribution in [3.05, 3.63) is 17.2 Å². The molecule has 1 rings (SSSR count). The van der Waals surface area contributed by atoms with Crippen LogP contribution < -0.4 is 5.73 Å². The van der Waals surface area contributed by atoms with Crippen LogP contribution >= 0.6 is 0 Å². The van der Waals surface area contributed by atoms with Crippen LogP contribution in [0.5, 0.6) is 0 Å². The fourth-order valence-corrected chi connectivity index (χ4v) is 2.40. The molecule has 0 bridgehead atoms. The zero-order valence-corrected chi connectivity index (χ0v) is 14.0. The highest BCUT2D eigenvalue weighted by molar-refractivity contribution is 5.84. The van der Waals surface area contributed by atoms with Gasteiger partial charge in [-0.3, -0.25) is 4.79 Å². The summed E-state index contributed by atoms with van der Waals surface area (Å²) in [5, 5.41) is 18.5. The van der Waals surface area contributed by atoms with Gasteiger partial charge in [0.1, 0.15) is 6.04 Å². The Balaban J connectivity index is 3.66. The normalized spacial score (nSPS) is 14.0. The van der Waals surface area contributed by atoms with Gasteiger partial charge in [0.05, 0.1) is 5.69 Å². The van der Waals surface area contributed by atoms with Crippen LogP contribution in [-0.4, -0.2) is 37.7 Å². The summed E-state index contributed by atoms with van der Waals surface area (Å²) in [5.74, 6) is -2.36. The molecule has 1 atom stereocenters. The first kappa shape index (κ1) is 18.2. The molecule has 1 aromatic rings. The largest absolute Gasteiger partial charge is 0.480 e. The van der Waals surface area contributed by atoms with Gasteiger partial charge in [0.15, 0.2) is 0 Å². The van der Waals surface area contributed by atoms with Crippen LogP contribution in [0.1, 0.15) is 63.5 Å². The Morgan fingerprint density at radius 2 is 1.68 bits per heavy atom. The Morgan fingerprint density at radius 3 is 2.00 bits per heavy atom. The zero-order valence-electron chi connectivity index (χ0n) is 14.0. The summed E-state index contributed by atoms with van der Waals surface area (Å²) >= 11 is 0. The van der Waals surface area contributed by atoms with E-state index >= 15 is 0 Å². The van der Waals surface area contributed by atoms with E-state index < -0.39 is 28.9 Å². The van der Waals surface area contributed by atoms with Gasteiger partial charge in [-0.1, -0.05) is 20.8 Å². The molecule has 0 amide bonds. The van der Waals surface area contributed by atoms with E-state index in [4.69, 9.17) is 10.8 Å². The molecule has 1 unspecified atom stereocenters. The third-order valence-corrected chi connectivity index (χ3v) is 3.28. The lowest BCUT2D eigenvalue weighted by molar-refractivity contribution is -0.138. The third kappa shape index (κ3) is 3.65. The van der Waals surface area contributed by atoms with Gasteiger partial charge >= 0.3 is 11.9 Å². The van der Waals surface area contributed by atoms with E-state index in [9.17, 15) is 14.7 Å². The van der Waals surface area contributed by atoms with Crippen molar-refractivity contribution >= 4 is 11.9 Å². The predicted molar refractivity (Wildman–Crippen MR) is 82.2 cm³/mol. The Kier molecular flexibility index (Phi) is 4.72. The first-order valence-corrected chi connectivity index (χ1v) is 7.11. The van der Waals surface area contributed by atoms with Gasteiger partial charge in [-0.25, -0.2) is 9.78 Å². The smallest absolute Gasteiger partial charge is 0.372 e. The number of aliphatic carboxylic acids is 1. The molecule has 1 aromatic heterocycles. The first-order valence-electron chi connectivity index (χ1n) is 7.11. The number of carboxylic acids is 2. The molecule has 0 saturated carbocycles. The highest BCUT2D eigenvalue weighted by Gasteiger charge is 2.34. The lowest BCUT2D eigenvalue weighted by Crippen LogP contribution is -2.36. The van der Waals surface area contributed by atoms with E-state index in [0.29, 0.717) is 11.4 Å². The Hall–Kier alpha value is -1.89. The standard InChI is InChI=1S/C15H25N3O4/c1-14(2,3)10-9(7-8(16)12(19)20)18(15(4,5)6)11(17-10)13(21)22/h8H,7,16H2,1-6H3,(H,19,20)(H,21,22). The number of nitrogens with two attached hydrogens (primary N) is 1. The second-order valence-corrected chi connectivity index (χ2v) is 7.44. The minimum absolute atomic E-state index is 0.0273. The van der Waals surface area contributed by atoms with Crippen molar-refractivity contribution in [2.24, 2.45) is 5.73 Å². The molecule has 0 aliphatic heterocycles. The number of imidazole rings is 1. The minimum atomic E-state index is -1.14. The van der Waals surface area contributed by atoms with Crippen molar-refractivity contribution < 1.29 is 19.8 Å². The second-order valence-electron chi connectivity index (χ2n) is 7.44. The first-order chi connectivity index (χ1) is 9.76. The third-order valence-electron chi connectivity index (χ3n) is 3.28. The van der Waals surface area contributed by atoms with Crippen LogP contribution in [0.3, 0.4) is 0 Å². The summed E-state index contributed by atoms with van der Waals surface area (Å²) in [5.41, 5.74) is 5.82. The summed E-state index contributed by atoms with van der Waals surface area (Å²) < 4.78 is 1.58. The van der Waals surface area contributed by atoms with Gasteiger partial charge in [0.2, 0.25) is 5.82 Å². The molecular weight excluding hydrogens is 286 g/mol. The van der Waals surface area contributed by atoms with Crippen LogP contribution in [0, 0.1) is 0 Å². The summed E-state index contributed by atoms with van der Waals surface area (Å²) in [6.07, 6.45) is 0.0273. The number of aromatic nitrogens is 2. The van der Waals surface area contributed by atoms with Crippen LogP contribution in [-0.2, 0) is 22.2 Å². The number of rotatable bonds is 4. The summed E-state index contributed by atoms with van der Waals surface area (Å²) in [6, 6.07) is -1.11. The van der Waals surface area contributed by atoms with E-state index in [1.165, 1.54) is 0 Å². The number of carbonyl (C=O) groups is 2. The van der Waals surface area contributed by atoms with Gasteiger partial charge in [-0.05, 0) is 20.8 Å². The predicted octanol–water partition coefficient (Wildman–Crippen LogP) is 1.59. The molecule has 124 valence electrons. The molecule has 0 saturated heterocycles. The second kappa shape index (κ2) is 5.72. The van der Waals surface area contributed by atoms with Crippen molar-refractivity contribution in [1.82, 2.24) is 9.55 Å². The molecule has 7 heteroatoms. The molecule has 4 N–H and O–H groups in total. The van der Waals surface area contributed by atoms with Crippen LogP contribution in [0.2, 0.25) is 0 Å². The summed E-state index contributed by atoms with van der Waals surface area (Å²) in [6.45, 7) is 11.3. The van der Waals surface area contributed by atoms with E-state index in [1.807, 2.05) is 41.5 Å². The van der Waals surface area contributed by atoms with E-state index in [0.717, 1.165) is 0 Å². The molecule has 0 aromatic carbocycles. The quantitative estimate of drug-likeness (QED) is 0.777. The average molecular weight is 311 g/mol. The van der Waals surface area contributed by atoms with Crippen LogP contribution in [0.25, 0.3) is 0 Å². The number of hydrogen-bond donors (Lipinski definition) is 3. The highest BCUT2D eigenvalue weighted by Crippen LogP contribution is 2.31. The molecule has 22 heavy (non-hydrogen) atoms. The average Bonchev–Trinajstić information content (AvgIpc) is 2.67. The Bertz CT molecular complexity index is 591. The molecular formula is C15H25N3O4. The van der Waals surface area contributed by atoms with E-state index in [1.54, 1.807) is 4.57 Å². The van der Waals surface area contributed by atoms with Gasteiger partial charge in [0, 0.05) is 23.1 Å². The molecule has 0 fully saturated rings. The maximum absolute atomic E-state index is 11.5. The summed E-state index contributed by atoms with van der Waals surface area (Å²) in [4.78, 5) is 26.9. The van der Waals surface area contributed by atoms with Crippen molar-refractivity contribution in [2.45, 2.75) is 65.0 Å². The van der Waals surface area contributed by atoms with Gasteiger partial charge in [-0.15, -0.1) is 0 Å². The number of carboxylic acid groups (broad SMARTS) is 2. The molecule has 0 aliphatic carbocycles. The SMILES string of the molecule is CC(C)(C)c1nc(C(=O)O)n(C(C)(C)C)c1CC(N)C(=O)O. The Labute approximate surface area is 130 Å². The van der Waals surface area contributed by atoms with Crippen molar-refractivity contribution in [2.75, 3.05) is 0 Å². The lowest BCUT2D eigenvalue weighted by Gasteiger charge is -2.27. The maximum Gasteiger partial charge on any atom is 0.372 e. The van der Waals surface area contributed by atoms with Gasteiger partial charge in [-0.2, -0.15) is 0 Å². The fourth-order valence-electron chi connectivity index (χ4n) is 2.40. The highest BCUT2D eigenvalue weighted by atomic mass is 16.4. The number of nitrogens with zero attached hydrogens (tertiary/aromatic N) is 2.